The van der Waals surface area contributed by atoms with Crippen molar-refractivity contribution in [3.63, 3.8) is 0 Å². The Kier molecular flexibility index (Phi) is 11.1. The number of likely N-dealkylation sites (N-methyl/N-ethyl adjacent to an activating group) is 1. The van der Waals surface area contributed by atoms with E-state index in [1.807, 2.05) is 21.9 Å². The average Bonchev–Trinajstić information content (AvgIpc) is 3.86. The molecule has 1 aliphatic carbocycles. The molecule has 4 heterocycles. The van der Waals surface area contributed by atoms with Crippen molar-refractivity contribution in [1.82, 2.24) is 24.5 Å². The van der Waals surface area contributed by atoms with Crippen LogP contribution in [-0.2, 0) is 19.1 Å². The minimum Gasteiger partial charge on any atom is -0.368 e. The molecule has 272 valence electrons. The zero-order valence-corrected chi connectivity index (χ0v) is 31.6. The first-order valence-corrected chi connectivity index (χ1v) is 19.4. The summed E-state index contributed by atoms with van der Waals surface area (Å²) in [5, 5.41) is 0.676. The first-order chi connectivity index (χ1) is 23.3. The summed E-state index contributed by atoms with van der Waals surface area (Å²) in [6.45, 7) is 19.8. The summed E-state index contributed by atoms with van der Waals surface area (Å²) in [6, 6.07) is 7.22. The molecule has 3 amide bonds. The van der Waals surface area contributed by atoms with Crippen LogP contribution in [0.15, 0.2) is 24.3 Å². The molecule has 6 rings (SSSR count). The number of hydrogen-bond donors (Lipinski definition) is 0. The van der Waals surface area contributed by atoms with Gasteiger partial charge in [-0.1, -0.05) is 44.5 Å². The summed E-state index contributed by atoms with van der Waals surface area (Å²) in [6.07, 6.45) is 5.67. The van der Waals surface area contributed by atoms with Crippen LogP contribution in [0.5, 0.6) is 0 Å². The Bertz CT molecular complexity index is 1320. The van der Waals surface area contributed by atoms with E-state index in [9.17, 15) is 9.59 Å². The molecule has 0 spiro atoms. The number of hydrogen-bond acceptors (Lipinski definition) is 6. The second-order valence-corrected chi connectivity index (χ2v) is 17.6. The Hall–Kier alpha value is -2.20. The van der Waals surface area contributed by atoms with Gasteiger partial charge in [0.05, 0.1) is 12.0 Å². The third-order valence-electron chi connectivity index (χ3n) is 12.4. The van der Waals surface area contributed by atoms with Gasteiger partial charge in [0, 0.05) is 74.9 Å². The number of likely N-dealkylation sites (tertiary alicyclic amines) is 2. The van der Waals surface area contributed by atoms with Crippen molar-refractivity contribution in [2.75, 3.05) is 59.0 Å². The molecule has 0 radical (unpaired) electrons. The van der Waals surface area contributed by atoms with E-state index >= 15 is 4.79 Å². The van der Waals surface area contributed by atoms with Crippen LogP contribution in [0.25, 0.3) is 0 Å². The van der Waals surface area contributed by atoms with E-state index in [4.69, 9.17) is 16.3 Å². The number of halogens is 1. The second kappa shape index (κ2) is 14.8. The van der Waals surface area contributed by atoms with Gasteiger partial charge in [0.1, 0.15) is 12.1 Å². The zero-order valence-electron chi connectivity index (χ0n) is 30.8. The molecule has 10 heteroatoms. The minimum absolute atomic E-state index is 0.0166. The average molecular weight is 698 g/mol. The fourth-order valence-corrected chi connectivity index (χ4v) is 9.24. The number of carbonyl (C=O) groups is 3. The summed E-state index contributed by atoms with van der Waals surface area (Å²) in [5.74, 6) is -0.187. The van der Waals surface area contributed by atoms with E-state index in [0.717, 1.165) is 70.3 Å². The van der Waals surface area contributed by atoms with Crippen molar-refractivity contribution < 1.29 is 19.1 Å². The van der Waals surface area contributed by atoms with Gasteiger partial charge in [0.2, 0.25) is 11.8 Å². The lowest BCUT2D eigenvalue weighted by molar-refractivity contribution is -0.148. The van der Waals surface area contributed by atoms with Crippen LogP contribution in [0.2, 0.25) is 5.02 Å². The van der Waals surface area contributed by atoms with Gasteiger partial charge in [-0.3, -0.25) is 19.3 Å². The predicted octanol–water partition coefficient (Wildman–Crippen LogP) is 5.26. The molecule has 9 nitrogen and oxygen atoms in total. The molecule has 4 aliphatic heterocycles. The largest absolute Gasteiger partial charge is 0.368 e. The van der Waals surface area contributed by atoms with E-state index in [0.29, 0.717) is 44.2 Å². The number of amides is 3. The number of nitrogens with zero attached hydrogens (tertiary/aromatic N) is 5. The Balaban J connectivity index is 1.32. The molecule has 0 N–H and O–H groups in total. The fraction of sp³-hybridized carbons (Fsp3) is 0.769. The highest BCUT2D eigenvalue weighted by Gasteiger charge is 2.51. The molecule has 1 unspecified atom stereocenters. The van der Waals surface area contributed by atoms with Crippen LogP contribution >= 0.6 is 11.6 Å². The number of benzene rings is 1. The minimum atomic E-state index is -0.583. The lowest BCUT2D eigenvalue weighted by Crippen LogP contribution is -2.55. The van der Waals surface area contributed by atoms with Crippen LogP contribution in [-0.4, -0.2) is 131 Å². The smallest absolute Gasteiger partial charge is 0.252 e. The number of rotatable bonds is 7. The summed E-state index contributed by atoms with van der Waals surface area (Å²) in [7, 11) is 0. The SMILES string of the molecule is CCN1CCN(C(=O)[C@@H]2CC(N(C(=O)[C@@H]3CCCO3)C3CCC(C)(C)CC3)CN2C(=O)[C@@H]2CN(C(C)(C)C)C[C@H]2c2ccc(Cl)cc2)CC1. The first kappa shape index (κ1) is 36.6. The van der Waals surface area contributed by atoms with Crippen molar-refractivity contribution >= 4 is 29.3 Å². The molecule has 5 aliphatic rings. The summed E-state index contributed by atoms with van der Waals surface area (Å²) in [4.78, 5) is 54.8. The second-order valence-electron chi connectivity index (χ2n) is 17.1. The van der Waals surface area contributed by atoms with Crippen LogP contribution in [0.4, 0.5) is 0 Å². The van der Waals surface area contributed by atoms with Crippen molar-refractivity contribution in [2.45, 2.75) is 122 Å². The zero-order chi connectivity index (χ0) is 35.1. The topological polar surface area (TPSA) is 76.6 Å². The molecule has 4 saturated heterocycles. The van der Waals surface area contributed by atoms with Crippen LogP contribution in [0.3, 0.4) is 0 Å². The fourth-order valence-electron chi connectivity index (χ4n) is 9.11. The standard InChI is InChI=1S/C39H60ClN5O4/c1-7-41-18-20-42(21-19-41)36(47)33-23-30(45(37(48)34-9-8-22-49-34)29-14-16-39(5,6)17-15-29)24-44(33)35(46)32-26-43(38(2,3)4)25-31(32)27-10-12-28(40)13-11-27/h10-13,29-34H,7-9,14-26H2,1-6H3/t30?,31-,32+,33-,34-/m0/s1. The Morgan fingerprint density at radius 1 is 0.918 bits per heavy atom. The summed E-state index contributed by atoms with van der Waals surface area (Å²) < 4.78 is 5.98. The lowest BCUT2D eigenvalue weighted by atomic mass is 9.75. The molecule has 1 aromatic rings. The van der Waals surface area contributed by atoms with Gasteiger partial charge >= 0.3 is 0 Å². The van der Waals surface area contributed by atoms with Gasteiger partial charge in [-0.05, 0) is 95.4 Å². The molecular formula is C39H60ClN5O4. The highest BCUT2D eigenvalue weighted by Crippen LogP contribution is 2.42. The third-order valence-corrected chi connectivity index (χ3v) is 12.7. The number of ether oxygens (including phenoxy) is 1. The van der Waals surface area contributed by atoms with E-state index in [-0.39, 0.29) is 52.6 Å². The quantitative estimate of drug-likeness (QED) is 0.387. The van der Waals surface area contributed by atoms with Crippen LogP contribution < -0.4 is 0 Å². The van der Waals surface area contributed by atoms with Gasteiger partial charge in [-0.2, -0.15) is 0 Å². The molecule has 1 aromatic carbocycles. The maximum absolute atomic E-state index is 15.1. The molecule has 5 atom stereocenters. The van der Waals surface area contributed by atoms with Crippen molar-refractivity contribution in [2.24, 2.45) is 11.3 Å². The van der Waals surface area contributed by atoms with Gasteiger partial charge in [0.15, 0.2) is 0 Å². The molecule has 0 bridgehead atoms. The van der Waals surface area contributed by atoms with Gasteiger partial charge < -0.3 is 24.3 Å². The van der Waals surface area contributed by atoms with Gasteiger partial charge in [0.25, 0.3) is 5.91 Å². The highest BCUT2D eigenvalue weighted by molar-refractivity contribution is 6.30. The summed E-state index contributed by atoms with van der Waals surface area (Å²) in [5.41, 5.74) is 1.24. The normalized spacial score (nSPS) is 30.2. The number of piperazine rings is 1. The molecular weight excluding hydrogens is 638 g/mol. The molecule has 0 aromatic heterocycles. The van der Waals surface area contributed by atoms with E-state index in [1.165, 1.54) is 0 Å². The van der Waals surface area contributed by atoms with Crippen LogP contribution in [0.1, 0.15) is 98.0 Å². The molecule has 1 saturated carbocycles. The van der Waals surface area contributed by atoms with Crippen molar-refractivity contribution in [3.8, 4) is 0 Å². The number of carbonyl (C=O) groups excluding carboxylic acids is 3. The van der Waals surface area contributed by atoms with E-state index < -0.39 is 12.1 Å². The Morgan fingerprint density at radius 2 is 1.59 bits per heavy atom. The third kappa shape index (κ3) is 8.00. The molecule has 49 heavy (non-hydrogen) atoms. The van der Waals surface area contributed by atoms with Crippen molar-refractivity contribution in [3.05, 3.63) is 34.9 Å². The summed E-state index contributed by atoms with van der Waals surface area (Å²) >= 11 is 6.29. The van der Waals surface area contributed by atoms with Crippen LogP contribution in [0, 0.1) is 11.3 Å². The van der Waals surface area contributed by atoms with Crippen molar-refractivity contribution in [1.29, 1.82) is 0 Å². The van der Waals surface area contributed by atoms with Gasteiger partial charge in [-0.15, -0.1) is 0 Å². The Labute approximate surface area is 299 Å². The van der Waals surface area contributed by atoms with Gasteiger partial charge in [-0.25, -0.2) is 0 Å². The molecule has 5 fully saturated rings. The monoisotopic (exact) mass is 697 g/mol. The highest BCUT2D eigenvalue weighted by atomic mass is 35.5. The van der Waals surface area contributed by atoms with E-state index in [1.54, 1.807) is 0 Å². The maximum atomic E-state index is 15.1. The maximum Gasteiger partial charge on any atom is 0.252 e. The van der Waals surface area contributed by atoms with E-state index in [2.05, 4.69) is 68.4 Å². The predicted molar refractivity (Wildman–Crippen MR) is 193 cm³/mol. The lowest BCUT2D eigenvalue weighted by Gasteiger charge is -2.43. The first-order valence-electron chi connectivity index (χ1n) is 19.0. The Morgan fingerprint density at radius 3 is 2.18 bits per heavy atom.